The number of nitrogens with two attached hydrogens (primary N) is 1. The summed E-state index contributed by atoms with van der Waals surface area (Å²) in [7, 11) is 0. The molecule has 0 fully saturated rings. The van der Waals surface area contributed by atoms with Crippen LogP contribution in [0.25, 0.3) is 0 Å². The molecule has 0 aliphatic heterocycles. The van der Waals surface area contributed by atoms with E-state index in [0.29, 0.717) is 13.1 Å². The Morgan fingerprint density at radius 3 is 3.00 bits per heavy atom. The van der Waals surface area contributed by atoms with Crippen LogP contribution in [-0.2, 0) is 11.3 Å². The number of rotatable bonds is 5. The minimum atomic E-state index is -0.271. The second-order valence-electron chi connectivity index (χ2n) is 3.32. The number of hydrogen-bond acceptors (Lipinski definition) is 4. The largest absolute Gasteiger partial charge is 0.369 e. The van der Waals surface area contributed by atoms with Crippen LogP contribution in [0.15, 0.2) is 5.38 Å². The number of aryl methyl sites for hydroxylation is 1. The van der Waals surface area contributed by atoms with Crippen LogP contribution in [0, 0.1) is 12.8 Å². The lowest BCUT2D eigenvalue weighted by molar-refractivity contribution is -0.121. The average Bonchev–Trinajstić information content (AvgIpc) is 2.51. The number of amides is 1. The average molecular weight is 213 g/mol. The topological polar surface area (TPSA) is 68.0 Å². The molecule has 0 aliphatic rings. The van der Waals surface area contributed by atoms with E-state index >= 15 is 0 Å². The Morgan fingerprint density at radius 2 is 2.50 bits per heavy atom. The van der Waals surface area contributed by atoms with Gasteiger partial charge in [0.15, 0.2) is 0 Å². The second-order valence-corrected chi connectivity index (χ2v) is 4.26. The number of nitrogens with one attached hydrogen (secondary N) is 1. The van der Waals surface area contributed by atoms with Crippen molar-refractivity contribution >= 4 is 17.2 Å². The van der Waals surface area contributed by atoms with E-state index in [1.165, 1.54) is 0 Å². The Kier molecular flexibility index (Phi) is 4.03. The highest BCUT2D eigenvalue weighted by molar-refractivity contribution is 7.09. The molecule has 1 atom stereocenters. The molecule has 0 aromatic carbocycles. The Hall–Kier alpha value is -0.940. The highest BCUT2D eigenvalue weighted by atomic mass is 32.1. The smallest absolute Gasteiger partial charge is 0.221 e. The quantitative estimate of drug-likeness (QED) is 0.755. The maximum absolute atomic E-state index is 10.7. The zero-order chi connectivity index (χ0) is 10.6. The lowest BCUT2D eigenvalue weighted by Crippen LogP contribution is -2.30. The molecule has 0 spiro atoms. The Labute approximate surface area is 87.5 Å². The van der Waals surface area contributed by atoms with E-state index in [9.17, 15) is 4.79 Å². The van der Waals surface area contributed by atoms with Crippen LogP contribution in [0.3, 0.4) is 0 Å². The van der Waals surface area contributed by atoms with Crippen molar-refractivity contribution in [2.75, 3.05) is 6.54 Å². The summed E-state index contributed by atoms with van der Waals surface area (Å²) in [4.78, 5) is 15.0. The van der Waals surface area contributed by atoms with Crippen LogP contribution in [0.5, 0.6) is 0 Å². The molecule has 0 saturated carbocycles. The van der Waals surface area contributed by atoms with Crippen LogP contribution in [0.1, 0.15) is 17.6 Å². The van der Waals surface area contributed by atoms with Gasteiger partial charge < -0.3 is 11.1 Å². The van der Waals surface area contributed by atoms with Crippen molar-refractivity contribution in [3.8, 4) is 0 Å². The van der Waals surface area contributed by atoms with Crippen LogP contribution < -0.4 is 11.1 Å². The van der Waals surface area contributed by atoms with Crippen molar-refractivity contribution in [2.45, 2.75) is 20.4 Å². The summed E-state index contributed by atoms with van der Waals surface area (Å²) in [6.07, 6.45) is 0. The van der Waals surface area contributed by atoms with Gasteiger partial charge >= 0.3 is 0 Å². The minimum absolute atomic E-state index is 0.129. The fourth-order valence-corrected chi connectivity index (χ4v) is 1.72. The Balaban J connectivity index is 2.25. The maximum Gasteiger partial charge on any atom is 0.221 e. The molecule has 14 heavy (non-hydrogen) atoms. The molecule has 5 heteroatoms. The summed E-state index contributed by atoms with van der Waals surface area (Å²) in [5.41, 5.74) is 6.16. The van der Waals surface area contributed by atoms with Crippen LogP contribution >= 0.6 is 11.3 Å². The third-order valence-electron chi connectivity index (χ3n) is 1.88. The zero-order valence-electron chi connectivity index (χ0n) is 8.41. The zero-order valence-corrected chi connectivity index (χ0v) is 9.23. The van der Waals surface area contributed by atoms with Gasteiger partial charge in [0, 0.05) is 30.1 Å². The number of thiazole rings is 1. The third kappa shape index (κ3) is 3.43. The van der Waals surface area contributed by atoms with E-state index in [2.05, 4.69) is 10.3 Å². The first kappa shape index (κ1) is 11.1. The van der Waals surface area contributed by atoms with Gasteiger partial charge in [0.25, 0.3) is 0 Å². The number of carbonyl (C=O) groups excluding carboxylic acids is 1. The summed E-state index contributed by atoms with van der Waals surface area (Å²) in [5.74, 6) is -0.399. The molecule has 1 amide bonds. The summed E-state index contributed by atoms with van der Waals surface area (Å²) in [5, 5.41) is 6.19. The molecule has 1 rings (SSSR count). The third-order valence-corrected chi connectivity index (χ3v) is 2.85. The lowest BCUT2D eigenvalue weighted by Gasteiger charge is -2.06. The molecule has 1 unspecified atom stereocenters. The van der Waals surface area contributed by atoms with E-state index in [0.717, 1.165) is 10.7 Å². The van der Waals surface area contributed by atoms with E-state index in [4.69, 9.17) is 5.73 Å². The molecule has 1 aromatic heterocycles. The molecule has 1 heterocycles. The molecule has 1 aromatic rings. The molecule has 0 aliphatic carbocycles. The summed E-state index contributed by atoms with van der Waals surface area (Å²) >= 11 is 1.62. The molecule has 0 bridgehead atoms. The molecule has 78 valence electrons. The highest BCUT2D eigenvalue weighted by Crippen LogP contribution is 2.07. The van der Waals surface area contributed by atoms with Gasteiger partial charge in [0.1, 0.15) is 5.01 Å². The van der Waals surface area contributed by atoms with Gasteiger partial charge in [-0.15, -0.1) is 11.3 Å². The first-order chi connectivity index (χ1) is 6.59. The van der Waals surface area contributed by atoms with Gasteiger partial charge in [-0.1, -0.05) is 6.92 Å². The number of carbonyl (C=O) groups is 1. The first-order valence-corrected chi connectivity index (χ1v) is 5.38. The fourth-order valence-electron chi connectivity index (χ4n) is 0.980. The van der Waals surface area contributed by atoms with Gasteiger partial charge in [0.05, 0.1) is 0 Å². The van der Waals surface area contributed by atoms with E-state index in [1.807, 2.05) is 19.2 Å². The van der Waals surface area contributed by atoms with E-state index in [1.54, 1.807) is 11.3 Å². The van der Waals surface area contributed by atoms with Crippen molar-refractivity contribution < 1.29 is 4.79 Å². The first-order valence-electron chi connectivity index (χ1n) is 4.50. The predicted octanol–water partition coefficient (Wildman–Crippen LogP) is 0.663. The van der Waals surface area contributed by atoms with E-state index in [-0.39, 0.29) is 11.8 Å². The minimum Gasteiger partial charge on any atom is -0.369 e. The summed E-state index contributed by atoms with van der Waals surface area (Å²) in [6.45, 7) is 5.08. The number of primary amides is 1. The van der Waals surface area contributed by atoms with Crippen molar-refractivity contribution in [1.29, 1.82) is 0 Å². The standard InChI is InChI=1S/C9H15N3OS/c1-6(9(10)13)3-11-4-8-12-7(2)5-14-8/h5-6,11H,3-4H2,1-2H3,(H2,10,13). The van der Waals surface area contributed by atoms with E-state index < -0.39 is 0 Å². The summed E-state index contributed by atoms with van der Waals surface area (Å²) in [6, 6.07) is 0. The van der Waals surface area contributed by atoms with Crippen LogP contribution in [0.4, 0.5) is 0 Å². The maximum atomic E-state index is 10.7. The Morgan fingerprint density at radius 1 is 1.79 bits per heavy atom. The molecule has 0 radical (unpaired) electrons. The number of hydrogen-bond donors (Lipinski definition) is 2. The predicted molar refractivity (Wildman–Crippen MR) is 56.9 cm³/mol. The fraction of sp³-hybridized carbons (Fsp3) is 0.556. The van der Waals surface area contributed by atoms with Gasteiger partial charge in [-0.25, -0.2) is 4.98 Å². The van der Waals surface area contributed by atoms with Crippen molar-refractivity contribution in [3.05, 3.63) is 16.1 Å². The Bertz CT molecular complexity index is 311. The normalized spacial score (nSPS) is 12.7. The van der Waals surface area contributed by atoms with Gasteiger partial charge in [-0.2, -0.15) is 0 Å². The van der Waals surface area contributed by atoms with Crippen LogP contribution in [-0.4, -0.2) is 17.4 Å². The summed E-state index contributed by atoms with van der Waals surface area (Å²) < 4.78 is 0. The highest BCUT2D eigenvalue weighted by Gasteiger charge is 2.07. The molecule has 4 nitrogen and oxygen atoms in total. The van der Waals surface area contributed by atoms with Gasteiger partial charge in [-0.3, -0.25) is 4.79 Å². The number of nitrogens with zero attached hydrogens (tertiary/aromatic N) is 1. The van der Waals surface area contributed by atoms with Gasteiger partial charge in [-0.05, 0) is 6.92 Å². The lowest BCUT2D eigenvalue weighted by atomic mass is 10.2. The molecule has 0 saturated heterocycles. The molecular weight excluding hydrogens is 198 g/mol. The van der Waals surface area contributed by atoms with Gasteiger partial charge in [0.2, 0.25) is 5.91 Å². The second kappa shape index (κ2) is 5.07. The van der Waals surface area contributed by atoms with Crippen molar-refractivity contribution in [2.24, 2.45) is 11.7 Å². The van der Waals surface area contributed by atoms with Crippen molar-refractivity contribution in [1.82, 2.24) is 10.3 Å². The molecule has 3 N–H and O–H groups in total. The van der Waals surface area contributed by atoms with Crippen LogP contribution in [0.2, 0.25) is 0 Å². The molecular formula is C9H15N3OS. The monoisotopic (exact) mass is 213 g/mol. The number of aromatic nitrogens is 1. The van der Waals surface area contributed by atoms with Crippen molar-refractivity contribution in [3.63, 3.8) is 0 Å². The SMILES string of the molecule is Cc1csc(CNCC(C)C(N)=O)n1.